The van der Waals surface area contributed by atoms with Crippen molar-refractivity contribution in [3.05, 3.63) is 47.5 Å². The van der Waals surface area contributed by atoms with Crippen LogP contribution in [0, 0.1) is 0 Å². The van der Waals surface area contributed by atoms with Gasteiger partial charge in [-0.1, -0.05) is 11.6 Å². The first kappa shape index (κ1) is 13.1. The van der Waals surface area contributed by atoms with Gasteiger partial charge in [-0.2, -0.15) is 0 Å². The highest BCUT2D eigenvalue weighted by molar-refractivity contribution is 7.90. The van der Waals surface area contributed by atoms with E-state index < -0.39 is 9.84 Å². The van der Waals surface area contributed by atoms with Gasteiger partial charge in [0, 0.05) is 16.8 Å². The average molecular weight is 307 g/mol. The third-order valence-corrected chi connectivity index (χ3v) is 4.36. The summed E-state index contributed by atoms with van der Waals surface area (Å²) in [6.45, 7) is 0. The Bertz CT molecular complexity index is 883. The van der Waals surface area contributed by atoms with Crippen molar-refractivity contribution in [2.24, 2.45) is 0 Å². The molecule has 0 unspecified atom stereocenters. The molecule has 0 saturated carbocycles. The lowest BCUT2D eigenvalue weighted by molar-refractivity contribution is 0.602. The number of benzene rings is 2. The summed E-state index contributed by atoms with van der Waals surface area (Å²) in [5, 5.41) is 0.639. The predicted octanol–water partition coefficient (Wildman–Crippen LogP) is 3.29. The minimum absolute atomic E-state index is 0.292. The molecule has 0 spiro atoms. The highest BCUT2D eigenvalue weighted by Gasteiger charge is 2.09. The maximum atomic E-state index is 11.4. The van der Waals surface area contributed by atoms with Crippen LogP contribution in [0.1, 0.15) is 0 Å². The van der Waals surface area contributed by atoms with Crippen molar-refractivity contribution in [1.29, 1.82) is 0 Å². The molecule has 0 radical (unpaired) electrons. The van der Waals surface area contributed by atoms with Gasteiger partial charge >= 0.3 is 0 Å². The van der Waals surface area contributed by atoms with Gasteiger partial charge in [-0.15, -0.1) is 0 Å². The summed E-state index contributed by atoms with van der Waals surface area (Å²) in [6.07, 6.45) is 1.19. The molecule has 102 valence electrons. The number of imidazole rings is 1. The van der Waals surface area contributed by atoms with Crippen molar-refractivity contribution in [3.63, 3.8) is 0 Å². The van der Waals surface area contributed by atoms with Gasteiger partial charge in [-0.05, 0) is 42.5 Å². The Morgan fingerprint density at radius 1 is 1.10 bits per heavy atom. The highest BCUT2D eigenvalue weighted by atomic mass is 35.5. The summed E-state index contributed by atoms with van der Waals surface area (Å²) in [6, 6.07) is 12.0. The number of halogens is 1. The molecular weight excluding hydrogens is 296 g/mol. The molecular formula is C14H11ClN2O2S. The van der Waals surface area contributed by atoms with E-state index in [2.05, 4.69) is 9.97 Å². The average Bonchev–Trinajstić information content (AvgIpc) is 2.80. The molecule has 0 amide bonds. The van der Waals surface area contributed by atoms with E-state index in [0.717, 1.165) is 16.6 Å². The summed E-state index contributed by atoms with van der Waals surface area (Å²) in [4.78, 5) is 7.91. The molecule has 2 aromatic carbocycles. The second-order valence-electron chi connectivity index (χ2n) is 4.54. The van der Waals surface area contributed by atoms with Crippen molar-refractivity contribution in [2.75, 3.05) is 6.26 Å². The largest absolute Gasteiger partial charge is 0.338 e. The number of hydrogen-bond acceptors (Lipinski definition) is 3. The minimum Gasteiger partial charge on any atom is -0.338 e. The molecule has 4 nitrogen and oxygen atoms in total. The van der Waals surface area contributed by atoms with E-state index in [1.807, 2.05) is 6.07 Å². The van der Waals surface area contributed by atoms with E-state index >= 15 is 0 Å². The van der Waals surface area contributed by atoms with Gasteiger partial charge in [0.1, 0.15) is 5.82 Å². The fourth-order valence-electron chi connectivity index (χ4n) is 1.98. The molecule has 3 aromatic rings. The Kier molecular flexibility index (Phi) is 3.03. The summed E-state index contributed by atoms with van der Waals surface area (Å²) in [5.41, 5.74) is 2.49. The quantitative estimate of drug-likeness (QED) is 0.790. The number of fused-ring (bicyclic) bond motifs is 1. The smallest absolute Gasteiger partial charge is 0.175 e. The lowest BCUT2D eigenvalue weighted by atomic mass is 10.2. The number of aromatic amines is 1. The number of nitrogens with zero attached hydrogens (tertiary/aromatic N) is 1. The number of aromatic nitrogens is 2. The van der Waals surface area contributed by atoms with Gasteiger partial charge in [0.15, 0.2) is 9.84 Å². The second kappa shape index (κ2) is 4.61. The highest BCUT2D eigenvalue weighted by Crippen LogP contribution is 2.23. The number of rotatable bonds is 2. The third-order valence-electron chi connectivity index (χ3n) is 3.00. The van der Waals surface area contributed by atoms with Crippen LogP contribution in [0.15, 0.2) is 47.4 Å². The van der Waals surface area contributed by atoms with E-state index in [0.29, 0.717) is 15.7 Å². The van der Waals surface area contributed by atoms with Gasteiger partial charge in [-0.3, -0.25) is 0 Å². The normalized spacial score (nSPS) is 11.9. The maximum Gasteiger partial charge on any atom is 0.175 e. The van der Waals surface area contributed by atoms with E-state index in [4.69, 9.17) is 11.6 Å². The lowest BCUT2D eigenvalue weighted by Gasteiger charge is -1.99. The molecule has 6 heteroatoms. The fraction of sp³-hybridized carbons (Fsp3) is 0.0714. The van der Waals surface area contributed by atoms with Crippen molar-refractivity contribution in [3.8, 4) is 11.4 Å². The van der Waals surface area contributed by atoms with E-state index in [-0.39, 0.29) is 0 Å². The van der Waals surface area contributed by atoms with E-state index in [1.54, 1.807) is 36.4 Å². The Morgan fingerprint density at radius 3 is 2.45 bits per heavy atom. The zero-order valence-corrected chi connectivity index (χ0v) is 12.2. The minimum atomic E-state index is -3.18. The van der Waals surface area contributed by atoms with Crippen LogP contribution in [0.5, 0.6) is 0 Å². The Hall–Kier alpha value is -1.85. The number of nitrogens with one attached hydrogen (secondary N) is 1. The maximum absolute atomic E-state index is 11.4. The van der Waals surface area contributed by atoms with Crippen LogP contribution in [0.3, 0.4) is 0 Å². The van der Waals surface area contributed by atoms with Crippen molar-refractivity contribution in [2.45, 2.75) is 4.90 Å². The van der Waals surface area contributed by atoms with Crippen LogP contribution in [0.25, 0.3) is 22.4 Å². The van der Waals surface area contributed by atoms with Gasteiger partial charge in [0.2, 0.25) is 0 Å². The van der Waals surface area contributed by atoms with Gasteiger partial charge < -0.3 is 4.98 Å². The number of sulfone groups is 1. The topological polar surface area (TPSA) is 62.8 Å². The molecule has 1 heterocycles. The van der Waals surface area contributed by atoms with Crippen LogP contribution in [-0.2, 0) is 9.84 Å². The SMILES string of the molecule is CS(=O)(=O)c1ccc(-c2nc3ccc(Cl)cc3[nH]2)cc1. The van der Waals surface area contributed by atoms with Crippen LogP contribution >= 0.6 is 11.6 Å². The van der Waals surface area contributed by atoms with Crippen LogP contribution in [-0.4, -0.2) is 24.6 Å². The summed E-state index contributed by atoms with van der Waals surface area (Å²) in [5.74, 6) is 0.683. The molecule has 0 aliphatic heterocycles. The first-order valence-electron chi connectivity index (χ1n) is 5.89. The molecule has 0 saturated heterocycles. The van der Waals surface area contributed by atoms with Crippen molar-refractivity contribution >= 4 is 32.5 Å². The number of hydrogen-bond donors (Lipinski definition) is 1. The lowest BCUT2D eigenvalue weighted by Crippen LogP contribution is -1.96. The summed E-state index contributed by atoms with van der Waals surface area (Å²) < 4.78 is 22.8. The zero-order chi connectivity index (χ0) is 14.3. The standard InChI is InChI=1S/C14H11ClN2O2S/c1-20(18,19)11-5-2-9(3-6-11)14-16-12-7-4-10(15)8-13(12)17-14/h2-8H,1H3,(H,16,17). The first-order chi connectivity index (χ1) is 9.43. The Labute approximate surface area is 121 Å². The van der Waals surface area contributed by atoms with Crippen LogP contribution < -0.4 is 0 Å². The van der Waals surface area contributed by atoms with Crippen molar-refractivity contribution < 1.29 is 8.42 Å². The Morgan fingerprint density at radius 2 is 1.80 bits per heavy atom. The summed E-state index contributed by atoms with van der Waals surface area (Å²) in [7, 11) is -3.18. The van der Waals surface area contributed by atoms with E-state index in [9.17, 15) is 8.42 Å². The zero-order valence-electron chi connectivity index (χ0n) is 10.6. The van der Waals surface area contributed by atoms with Crippen LogP contribution in [0.2, 0.25) is 5.02 Å². The molecule has 0 aliphatic carbocycles. The van der Waals surface area contributed by atoms with Gasteiger partial charge in [-0.25, -0.2) is 13.4 Å². The van der Waals surface area contributed by atoms with Crippen LogP contribution in [0.4, 0.5) is 0 Å². The van der Waals surface area contributed by atoms with Gasteiger partial charge in [0.25, 0.3) is 0 Å². The monoisotopic (exact) mass is 306 g/mol. The molecule has 3 rings (SSSR count). The number of H-pyrrole nitrogens is 1. The fourth-order valence-corrected chi connectivity index (χ4v) is 2.78. The molecule has 0 aliphatic rings. The molecule has 0 atom stereocenters. The summed E-state index contributed by atoms with van der Waals surface area (Å²) >= 11 is 5.93. The molecule has 1 N–H and O–H groups in total. The third kappa shape index (κ3) is 2.42. The van der Waals surface area contributed by atoms with E-state index in [1.165, 1.54) is 6.26 Å². The second-order valence-corrected chi connectivity index (χ2v) is 7.00. The predicted molar refractivity (Wildman–Crippen MR) is 79.6 cm³/mol. The molecule has 1 aromatic heterocycles. The molecule has 20 heavy (non-hydrogen) atoms. The Balaban J connectivity index is 2.07. The molecule has 0 fully saturated rings. The van der Waals surface area contributed by atoms with Gasteiger partial charge in [0.05, 0.1) is 15.9 Å². The first-order valence-corrected chi connectivity index (χ1v) is 8.16. The molecule has 0 bridgehead atoms. The van der Waals surface area contributed by atoms with Crippen molar-refractivity contribution in [1.82, 2.24) is 9.97 Å².